The Kier molecular flexibility index (Phi) is 4.43. The van der Waals surface area contributed by atoms with Crippen molar-refractivity contribution in [2.24, 2.45) is 0 Å². The summed E-state index contributed by atoms with van der Waals surface area (Å²) in [4.78, 5) is 24.4. The van der Waals surface area contributed by atoms with Gasteiger partial charge in [0.1, 0.15) is 5.82 Å². The van der Waals surface area contributed by atoms with E-state index in [1.54, 1.807) is 23.6 Å². The number of pyridine rings is 1. The molecular formula is C22H20FN3OS. The molecule has 1 amide bonds. The van der Waals surface area contributed by atoms with Crippen molar-refractivity contribution in [1.82, 2.24) is 14.9 Å². The molecule has 2 aliphatic heterocycles. The number of aromatic nitrogens is 2. The number of piperidine rings is 1. The molecular weight excluding hydrogens is 373 g/mol. The van der Waals surface area contributed by atoms with Crippen LogP contribution >= 0.6 is 11.3 Å². The van der Waals surface area contributed by atoms with E-state index in [2.05, 4.69) is 4.98 Å². The zero-order valence-electron chi connectivity index (χ0n) is 15.3. The molecule has 2 atom stereocenters. The third-order valence-corrected chi connectivity index (χ3v) is 6.82. The molecule has 2 aliphatic rings. The van der Waals surface area contributed by atoms with Crippen molar-refractivity contribution in [1.29, 1.82) is 0 Å². The van der Waals surface area contributed by atoms with Crippen LogP contribution in [0.4, 0.5) is 4.39 Å². The summed E-state index contributed by atoms with van der Waals surface area (Å²) in [5.41, 5.74) is 3.26. The van der Waals surface area contributed by atoms with Gasteiger partial charge in [0.25, 0.3) is 5.91 Å². The van der Waals surface area contributed by atoms with E-state index in [4.69, 9.17) is 4.98 Å². The number of carbonyl (C=O) groups excluding carboxylic acids is 1. The molecule has 1 aromatic carbocycles. The van der Waals surface area contributed by atoms with Gasteiger partial charge in [-0.05, 0) is 61.6 Å². The van der Waals surface area contributed by atoms with Gasteiger partial charge in [-0.15, -0.1) is 11.3 Å². The molecule has 0 N–H and O–H groups in total. The first-order valence-corrected chi connectivity index (χ1v) is 10.5. The monoisotopic (exact) mass is 393 g/mol. The number of fused-ring (bicyclic) bond motifs is 2. The molecule has 0 saturated carbocycles. The summed E-state index contributed by atoms with van der Waals surface area (Å²) in [6.45, 7) is 0.676. The second kappa shape index (κ2) is 7.09. The predicted octanol–water partition coefficient (Wildman–Crippen LogP) is 4.68. The van der Waals surface area contributed by atoms with Crippen LogP contribution in [-0.2, 0) is 6.42 Å². The Balaban J connectivity index is 1.40. The molecule has 6 heteroatoms. The van der Waals surface area contributed by atoms with Gasteiger partial charge < -0.3 is 4.90 Å². The quantitative estimate of drug-likeness (QED) is 0.635. The van der Waals surface area contributed by atoms with Gasteiger partial charge in [0.2, 0.25) is 0 Å². The number of hydrogen-bond donors (Lipinski definition) is 0. The third-order valence-electron chi connectivity index (χ3n) is 5.81. The van der Waals surface area contributed by atoms with Gasteiger partial charge in [-0.25, -0.2) is 9.37 Å². The van der Waals surface area contributed by atoms with Crippen LogP contribution in [-0.4, -0.2) is 33.4 Å². The normalized spacial score (nSPS) is 21.8. The fourth-order valence-corrected chi connectivity index (χ4v) is 5.28. The smallest absolute Gasteiger partial charge is 0.254 e. The van der Waals surface area contributed by atoms with E-state index in [9.17, 15) is 9.18 Å². The molecule has 142 valence electrons. The number of rotatable bonds is 2. The maximum Gasteiger partial charge on any atom is 0.254 e. The zero-order valence-corrected chi connectivity index (χ0v) is 16.2. The van der Waals surface area contributed by atoms with Crippen molar-refractivity contribution in [2.75, 3.05) is 6.54 Å². The van der Waals surface area contributed by atoms with Gasteiger partial charge in [0.05, 0.1) is 16.4 Å². The number of hydrogen-bond acceptors (Lipinski definition) is 4. The van der Waals surface area contributed by atoms with E-state index >= 15 is 0 Å². The van der Waals surface area contributed by atoms with Crippen LogP contribution in [0.1, 0.15) is 46.1 Å². The molecule has 4 heterocycles. The topological polar surface area (TPSA) is 46.1 Å². The van der Waals surface area contributed by atoms with Gasteiger partial charge in [-0.2, -0.15) is 0 Å². The molecule has 0 aliphatic carbocycles. The van der Waals surface area contributed by atoms with Gasteiger partial charge in [0.15, 0.2) is 0 Å². The predicted molar refractivity (Wildman–Crippen MR) is 107 cm³/mol. The van der Waals surface area contributed by atoms with Crippen LogP contribution in [0.5, 0.6) is 0 Å². The summed E-state index contributed by atoms with van der Waals surface area (Å²) in [5, 5.41) is 3.11. The van der Waals surface area contributed by atoms with E-state index in [1.165, 1.54) is 12.1 Å². The minimum Gasteiger partial charge on any atom is -0.335 e. The Morgan fingerprint density at radius 1 is 1.11 bits per heavy atom. The first-order valence-electron chi connectivity index (χ1n) is 9.65. The molecule has 1 saturated heterocycles. The summed E-state index contributed by atoms with van der Waals surface area (Å²) in [6.07, 6.45) is 5.41. The number of aryl methyl sites for hydroxylation is 1. The number of thiazole rings is 1. The van der Waals surface area contributed by atoms with Crippen LogP contribution < -0.4 is 0 Å². The second-order valence-electron chi connectivity index (χ2n) is 7.51. The van der Waals surface area contributed by atoms with Crippen molar-refractivity contribution in [2.45, 2.75) is 37.6 Å². The van der Waals surface area contributed by atoms with E-state index in [-0.39, 0.29) is 23.7 Å². The number of carbonyl (C=O) groups is 1. The van der Waals surface area contributed by atoms with E-state index in [0.717, 1.165) is 47.6 Å². The molecule has 0 unspecified atom stereocenters. The second-order valence-corrected chi connectivity index (χ2v) is 8.40. The molecule has 0 radical (unpaired) electrons. The Bertz CT molecular complexity index is 1020. The van der Waals surface area contributed by atoms with E-state index < -0.39 is 0 Å². The third kappa shape index (κ3) is 3.11. The minimum atomic E-state index is -0.269. The number of halogens is 1. The van der Waals surface area contributed by atoms with Crippen LogP contribution in [0.25, 0.3) is 11.4 Å². The number of nitrogens with zero attached hydrogens (tertiary/aromatic N) is 3. The lowest BCUT2D eigenvalue weighted by Crippen LogP contribution is -2.45. The van der Waals surface area contributed by atoms with Gasteiger partial charge in [-0.1, -0.05) is 6.07 Å². The molecule has 0 bridgehead atoms. The van der Waals surface area contributed by atoms with Crippen molar-refractivity contribution >= 4 is 17.2 Å². The molecule has 2 aromatic heterocycles. The standard InChI is InChI=1S/C22H20FN3OS/c23-16-6-9-18-14(11-16)4-7-17-8-5-15(12-26(17)22(18)27)21-25-20(13-28-21)19-3-1-2-10-24-19/h1-3,6,9-11,13,15,17H,4-5,7-8,12H2/t15-,17+/m0/s1. The highest BCUT2D eigenvalue weighted by atomic mass is 32.1. The zero-order chi connectivity index (χ0) is 19.1. The van der Waals surface area contributed by atoms with Crippen molar-refractivity contribution in [3.8, 4) is 11.4 Å². The average molecular weight is 393 g/mol. The van der Waals surface area contributed by atoms with Crippen molar-refractivity contribution < 1.29 is 9.18 Å². The Morgan fingerprint density at radius 3 is 2.89 bits per heavy atom. The van der Waals surface area contributed by atoms with E-state index in [1.807, 2.05) is 28.5 Å². The van der Waals surface area contributed by atoms with Gasteiger partial charge in [-0.3, -0.25) is 9.78 Å². The summed E-state index contributed by atoms with van der Waals surface area (Å²) < 4.78 is 13.6. The molecule has 4 nitrogen and oxygen atoms in total. The molecule has 3 aromatic rings. The van der Waals surface area contributed by atoms with Crippen LogP contribution in [0.15, 0.2) is 48.0 Å². The first-order chi connectivity index (χ1) is 13.7. The number of benzene rings is 1. The molecule has 5 rings (SSSR count). The first kappa shape index (κ1) is 17.5. The summed E-state index contributed by atoms with van der Waals surface area (Å²) in [5.74, 6) is 0.00232. The molecule has 1 fully saturated rings. The fourth-order valence-electron chi connectivity index (χ4n) is 4.34. The average Bonchev–Trinajstić information content (AvgIpc) is 3.18. The highest BCUT2D eigenvalue weighted by molar-refractivity contribution is 7.10. The number of amides is 1. The Labute approximate surface area is 167 Å². The highest BCUT2D eigenvalue weighted by Gasteiger charge is 2.36. The van der Waals surface area contributed by atoms with Crippen molar-refractivity contribution in [3.05, 3.63) is 69.9 Å². The molecule has 28 heavy (non-hydrogen) atoms. The van der Waals surface area contributed by atoms with Crippen LogP contribution in [0.3, 0.4) is 0 Å². The Hall–Kier alpha value is -2.60. The van der Waals surface area contributed by atoms with Crippen molar-refractivity contribution in [3.63, 3.8) is 0 Å². The SMILES string of the molecule is O=C1c2ccc(F)cc2CC[C@@H]2CC[C@H](c3nc(-c4ccccn4)cs3)CN12. The van der Waals surface area contributed by atoms with Gasteiger partial charge >= 0.3 is 0 Å². The van der Waals surface area contributed by atoms with Crippen LogP contribution in [0.2, 0.25) is 0 Å². The fraction of sp³-hybridized carbons (Fsp3) is 0.318. The largest absolute Gasteiger partial charge is 0.335 e. The summed E-state index contributed by atoms with van der Waals surface area (Å²) in [7, 11) is 0. The minimum absolute atomic E-state index is 0.0312. The lowest BCUT2D eigenvalue weighted by atomic mass is 9.91. The summed E-state index contributed by atoms with van der Waals surface area (Å²) >= 11 is 1.65. The summed E-state index contributed by atoms with van der Waals surface area (Å²) in [6, 6.07) is 10.6. The van der Waals surface area contributed by atoms with E-state index in [0.29, 0.717) is 12.1 Å². The Morgan fingerprint density at radius 2 is 2.04 bits per heavy atom. The maximum absolute atomic E-state index is 13.6. The van der Waals surface area contributed by atoms with Gasteiger partial charge in [0, 0.05) is 35.6 Å². The highest BCUT2D eigenvalue weighted by Crippen LogP contribution is 2.37. The molecule has 0 spiro atoms. The lowest BCUT2D eigenvalue weighted by molar-refractivity contribution is 0.0588. The lowest BCUT2D eigenvalue weighted by Gasteiger charge is -2.38. The van der Waals surface area contributed by atoms with Crippen LogP contribution in [0, 0.1) is 5.82 Å². The maximum atomic E-state index is 13.6.